The van der Waals surface area contributed by atoms with Crippen molar-refractivity contribution in [1.82, 2.24) is 20.2 Å². The van der Waals surface area contributed by atoms with Crippen LogP contribution in [0.3, 0.4) is 0 Å². The molecule has 0 spiro atoms. The first kappa shape index (κ1) is 8.99. The van der Waals surface area contributed by atoms with Crippen LogP contribution in [0.5, 0.6) is 0 Å². The number of thiazole rings is 1. The fourth-order valence-electron chi connectivity index (χ4n) is 1.38. The van der Waals surface area contributed by atoms with Crippen LogP contribution in [0.15, 0.2) is 28.6 Å². The molecule has 0 radical (unpaired) electrons. The molecule has 74 valence electrons. The van der Waals surface area contributed by atoms with E-state index >= 15 is 0 Å². The van der Waals surface area contributed by atoms with E-state index in [1.54, 1.807) is 23.0 Å². The highest BCUT2D eigenvalue weighted by atomic mass is 79.9. The van der Waals surface area contributed by atoms with Gasteiger partial charge in [0.2, 0.25) is 0 Å². The minimum atomic E-state index is 0.779. The van der Waals surface area contributed by atoms with Crippen molar-refractivity contribution in [3.63, 3.8) is 0 Å². The fraction of sp³-hybridized carbons (Fsp3) is 0. The van der Waals surface area contributed by atoms with Crippen molar-refractivity contribution in [2.45, 2.75) is 0 Å². The first-order chi connectivity index (χ1) is 7.34. The fourth-order valence-corrected chi connectivity index (χ4v) is 2.47. The topological polar surface area (TPSA) is 54.5 Å². The molecule has 0 fully saturated rings. The Balaban J connectivity index is 2.29. The van der Waals surface area contributed by atoms with Gasteiger partial charge in [-0.1, -0.05) is 0 Å². The second-order valence-electron chi connectivity index (χ2n) is 3.00. The molecule has 0 aromatic carbocycles. The summed E-state index contributed by atoms with van der Waals surface area (Å²) in [4.78, 5) is 9.52. The first-order valence-electron chi connectivity index (χ1n) is 4.23. The number of fused-ring (bicyclic) bond motifs is 1. The number of nitrogens with one attached hydrogen (secondary N) is 1. The van der Waals surface area contributed by atoms with Crippen LogP contribution in [0.1, 0.15) is 0 Å². The standard InChI is InChI=1S/C9H5BrN4S/c10-9-8-5(2-12-14-8)1-6(13-9)7-3-11-4-15-7/h1-4H,(H,12,14). The van der Waals surface area contributed by atoms with Crippen LogP contribution in [0, 0.1) is 0 Å². The third-order valence-electron chi connectivity index (χ3n) is 2.07. The lowest BCUT2D eigenvalue weighted by molar-refractivity contribution is 1.11. The van der Waals surface area contributed by atoms with Gasteiger partial charge in [-0.15, -0.1) is 11.3 Å². The average molecular weight is 281 g/mol. The van der Waals surface area contributed by atoms with Crippen LogP contribution in [0.2, 0.25) is 0 Å². The van der Waals surface area contributed by atoms with Crippen LogP contribution >= 0.6 is 27.3 Å². The molecule has 0 amide bonds. The quantitative estimate of drug-likeness (QED) is 0.698. The van der Waals surface area contributed by atoms with Gasteiger partial charge in [0.25, 0.3) is 0 Å². The molecule has 0 aliphatic rings. The van der Waals surface area contributed by atoms with E-state index in [4.69, 9.17) is 0 Å². The highest BCUT2D eigenvalue weighted by Gasteiger charge is 2.07. The van der Waals surface area contributed by atoms with E-state index in [1.807, 2.05) is 12.3 Å². The molecular weight excluding hydrogens is 276 g/mol. The molecule has 0 saturated carbocycles. The highest BCUT2D eigenvalue weighted by molar-refractivity contribution is 9.10. The third kappa shape index (κ3) is 1.46. The number of hydrogen-bond acceptors (Lipinski definition) is 4. The lowest BCUT2D eigenvalue weighted by atomic mass is 10.2. The molecule has 3 heterocycles. The number of nitrogens with zero attached hydrogens (tertiary/aromatic N) is 3. The zero-order valence-corrected chi connectivity index (χ0v) is 9.84. The SMILES string of the molecule is Brc1nc(-c2cncs2)cc2cn[nH]c12. The molecular formula is C9H5BrN4S. The molecule has 3 rings (SSSR count). The molecule has 0 bridgehead atoms. The molecule has 3 aromatic heterocycles. The number of aromatic amines is 1. The Hall–Kier alpha value is -1.27. The Morgan fingerprint density at radius 1 is 1.33 bits per heavy atom. The minimum Gasteiger partial charge on any atom is -0.275 e. The van der Waals surface area contributed by atoms with E-state index in [9.17, 15) is 0 Å². The third-order valence-corrected chi connectivity index (χ3v) is 3.44. The van der Waals surface area contributed by atoms with Gasteiger partial charge in [0.15, 0.2) is 0 Å². The van der Waals surface area contributed by atoms with E-state index < -0.39 is 0 Å². The Kier molecular flexibility index (Phi) is 2.03. The maximum atomic E-state index is 4.43. The van der Waals surface area contributed by atoms with Crippen LogP contribution in [-0.2, 0) is 0 Å². The van der Waals surface area contributed by atoms with Gasteiger partial charge in [-0.2, -0.15) is 5.10 Å². The summed E-state index contributed by atoms with van der Waals surface area (Å²) in [5, 5.41) is 7.91. The molecule has 0 atom stereocenters. The van der Waals surface area contributed by atoms with Gasteiger partial charge in [-0.3, -0.25) is 10.1 Å². The van der Waals surface area contributed by atoms with Crippen molar-refractivity contribution in [2.24, 2.45) is 0 Å². The van der Waals surface area contributed by atoms with Crippen molar-refractivity contribution in [1.29, 1.82) is 0 Å². The molecule has 6 heteroatoms. The zero-order chi connectivity index (χ0) is 10.3. The largest absolute Gasteiger partial charge is 0.275 e. The second kappa shape index (κ2) is 3.39. The number of halogens is 1. The molecule has 15 heavy (non-hydrogen) atoms. The maximum absolute atomic E-state index is 4.43. The van der Waals surface area contributed by atoms with Crippen molar-refractivity contribution in [2.75, 3.05) is 0 Å². The summed E-state index contributed by atoms with van der Waals surface area (Å²) in [6.45, 7) is 0. The predicted octanol–water partition coefficient (Wildman–Crippen LogP) is 2.84. The van der Waals surface area contributed by atoms with Crippen LogP contribution in [0.4, 0.5) is 0 Å². The first-order valence-corrected chi connectivity index (χ1v) is 5.90. The normalized spacial score (nSPS) is 11.0. The van der Waals surface area contributed by atoms with Crippen LogP contribution < -0.4 is 0 Å². The van der Waals surface area contributed by atoms with E-state index in [-0.39, 0.29) is 0 Å². The summed E-state index contributed by atoms with van der Waals surface area (Å²) in [6, 6.07) is 2.00. The lowest BCUT2D eigenvalue weighted by Crippen LogP contribution is -1.83. The molecule has 1 N–H and O–H groups in total. The smallest absolute Gasteiger partial charge is 0.132 e. The van der Waals surface area contributed by atoms with Gasteiger partial charge in [-0.25, -0.2) is 4.98 Å². The van der Waals surface area contributed by atoms with Crippen molar-refractivity contribution in [3.05, 3.63) is 28.6 Å². The number of pyridine rings is 1. The van der Waals surface area contributed by atoms with Gasteiger partial charge >= 0.3 is 0 Å². The summed E-state index contributed by atoms with van der Waals surface area (Å²) in [7, 11) is 0. The Morgan fingerprint density at radius 2 is 2.27 bits per heavy atom. The number of hydrogen-bond donors (Lipinski definition) is 1. The van der Waals surface area contributed by atoms with Crippen LogP contribution in [0.25, 0.3) is 21.5 Å². The zero-order valence-electron chi connectivity index (χ0n) is 7.44. The second-order valence-corrected chi connectivity index (χ2v) is 4.64. The van der Waals surface area contributed by atoms with Gasteiger partial charge < -0.3 is 0 Å². The van der Waals surface area contributed by atoms with Crippen molar-refractivity contribution >= 4 is 38.2 Å². The molecule has 0 saturated heterocycles. The Morgan fingerprint density at radius 3 is 3.07 bits per heavy atom. The van der Waals surface area contributed by atoms with Crippen molar-refractivity contribution < 1.29 is 0 Å². The highest BCUT2D eigenvalue weighted by Crippen LogP contribution is 2.27. The summed E-state index contributed by atoms with van der Waals surface area (Å²) in [5.74, 6) is 0. The van der Waals surface area contributed by atoms with Gasteiger partial charge in [0, 0.05) is 11.6 Å². The number of H-pyrrole nitrogens is 1. The molecule has 0 aliphatic carbocycles. The van der Waals surface area contributed by atoms with Gasteiger partial charge in [-0.05, 0) is 22.0 Å². The monoisotopic (exact) mass is 280 g/mol. The Bertz CT molecular complexity index is 602. The summed E-state index contributed by atoms with van der Waals surface area (Å²) < 4.78 is 0.779. The van der Waals surface area contributed by atoms with E-state index in [1.165, 1.54) is 0 Å². The Labute approximate surface area is 97.5 Å². The molecule has 4 nitrogen and oxygen atoms in total. The number of rotatable bonds is 1. The van der Waals surface area contributed by atoms with E-state index in [2.05, 4.69) is 36.1 Å². The van der Waals surface area contributed by atoms with E-state index in [0.717, 1.165) is 26.1 Å². The summed E-state index contributed by atoms with van der Waals surface area (Å²) in [5.41, 5.74) is 3.63. The molecule has 0 aliphatic heterocycles. The average Bonchev–Trinajstić information content (AvgIpc) is 2.88. The van der Waals surface area contributed by atoms with Crippen molar-refractivity contribution in [3.8, 4) is 10.6 Å². The maximum Gasteiger partial charge on any atom is 0.132 e. The predicted molar refractivity (Wildman–Crippen MR) is 62.7 cm³/mol. The lowest BCUT2D eigenvalue weighted by Gasteiger charge is -1.98. The summed E-state index contributed by atoms with van der Waals surface area (Å²) in [6.07, 6.45) is 3.59. The van der Waals surface area contributed by atoms with Gasteiger partial charge in [0.05, 0.1) is 27.8 Å². The molecule has 0 unspecified atom stereocenters. The minimum absolute atomic E-state index is 0.779. The van der Waals surface area contributed by atoms with Crippen LogP contribution in [-0.4, -0.2) is 20.2 Å². The van der Waals surface area contributed by atoms with E-state index in [0.29, 0.717) is 0 Å². The molecule has 3 aromatic rings. The number of aromatic nitrogens is 4. The van der Waals surface area contributed by atoms with Gasteiger partial charge in [0.1, 0.15) is 4.60 Å². The summed E-state index contributed by atoms with van der Waals surface area (Å²) >= 11 is 4.99.